The second-order valence-corrected chi connectivity index (χ2v) is 4.67. The van der Waals surface area contributed by atoms with E-state index in [1.54, 1.807) is 13.2 Å². The summed E-state index contributed by atoms with van der Waals surface area (Å²) in [7, 11) is 1.61. The summed E-state index contributed by atoms with van der Waals surface area (Å²) in [6, 6.07) is 7.76. The van der Waals surface area contributed by atoms with Gasteiger partial charge in [-0.1, -0.05) is 28.1 Å². The Kier molecular flexibility index (Phi) is 5.94. The summed E-state index contributed by atoms with van der Waals surface area (Å²) >= 11 is 3.36. The van der Waals surface area contributed by atoms with Crippen LogP contribution in [0.3, 0.4) is 0 Å². The lowest BCUT2D eigenvalue weighted by molar-refractivity contribution is -0.117. The maximum Gasteiger partial charge on any atom is 0.244 e. The zero-order valence-electron chi connectivity index (χ0n) is 9.94. The van der Waals surface area contributed by atoms with Crippen molar-refractivity contribution in [3.8, 4) is 0 Å². The average molecular weight is 298 g/mol. The molecule has 0 aromatic heterocycles. The molecule has 3 nitrogen and oxygen atoms in total. The van der Waals surface area contributed by atoms with E-state index in [2.05, 4.69) is 21.2 Å². The van der Waals surface area contributed by atoms with Gasteiger partial charge in [0.1, 0.15) is 0 Å². The quantitative estimate of drug-likeness (QED) is 0.849. The molecule has 0 aliphatic heterocycles. The van der Waals surface area contributed by atoms with E-state index in [9.17, 15) is 4.79 Å². The standard InChI is InChI=1S/C13H16BrNO2/c1-10(9-17-2)15-13(16)8-5-11-3-6-12(14)7-4-11/h3-8,10H,9H2,1-2H3,(H,15,16)/b8-5+. The second-order valence-electron chi connectivity index (χ2n) is 3.75. The molecule has 0 fully saturated rings. The Bertz CT molecular complexity index is 387. The number of carbonyl (C=O) groups excluding carboxylic acids is 1. The van der Waals surface area contributed by atoms with Gasteiger partial charge < -0.3 is 10.1 Å². The number of amides is 1. The van der Waals surface area contributed by atoms with Crippen LogP contribution in [0.25, 0.3) is 6.08 Å². The minimum atomic E-state index is -0.113. The van der Waals surface area contributed by atoms with Crippen molar-refractivity contribution in [3.63, 3.8) is 0 Å². The van der Waals surface area contributed by atoms with Gasteiger partial charge in [0.25, 0.3) is 0 Å². The molecule has 92 valence electrons. The Hall–Kier alpha value is -1.13. The third kappa shape index (κ3) is 5.65. The Morgan fingerprint density at radius 3 is 2.71 bits per heavy atom. The Labute approximate surface area is 110 Å². The molecule has 0 saturated heterocycles. The highest BCUT2D eigenvalue weighted by Gasteiger charge is 2.02. The number of benzene rings is 1. The van der Waals surface area contributed by atoms with Gasteiger partial charge in [0.15, 0.2) is 0 Å². The first-order valence-corrected chi connectivity index (χ1v) is 6.14. The van der Waals surface area contributed by atoms with E-state index in [0.29, 0.717) is 6.61 Å². The SMILES string of the molecule is COCC(C)NC(=O)/C=C/c1ccc(Br)cc1. The van der Waals surface area contributed by atoms with Gasteiger partial charge in [-0.3, -0.25) is 4.79 Å². The van der Waals surface area contributed by atoms with Crippen LogP contribution >= 0.6 is 15.9 Å². The molecule has 17 heavy (non-hydrogen) atoms. The third-order valence-corrected chi connectivity index (χ3v) is 2.63. The highest BCUT2D eigenvalue weighted by Crippen LogP contribution is 2.11. The summed E-state index contributed by atoms with van der Waals surface area (Å²) in [5.74, 6) is -0.113. The summed E-state index contributed by atoms with van der Waals surface area (Å²) < 4.78 is 5.96. The Morgan fingerprint density at radius 1 is 1.47 bits per heavy atom. The smallest absolute Gasteiger partial charge is 0.244 e. The van der Waals surface area contributed by atoms with Gasteiger partial charge in [0.2, 0.25) is 5.91 Å². The number of rotatable bonds is 5. The highest BCUT2D eigenvalue weighted by molar-refractivity contribution is 9.10. The molecule has 1 rings (SSSR count). The largest absolute Gasteiger partial charge is 0.383 e. The highest BCUT2D eigenvalue weighted by atomic mass is 79.9. The maximum absolute atomic E-state index is 11.5. The van der Waals surface area contributed by atoms with Crippen molar-refractivity contribution in [2.45, 2.75) is 13.0 Å². The van der Waals surface area contributed by atoms with Crippen LogP contribution < -0.4 is 5.32 Å². The zero-order valence-corrected chi connectivity index (χ0v) is 11.5. The first-order valence-electron chi connectivity index (χ1n) is 5.35. The molecule has 1 aromatic rings. The van der Waals surface area contributed by atoms with Crippen LogP contribution in [0.15, 0.2) is 34.8 Å². The van der Waals surface area contributed by atoms with Gasteiger partial charge >= 0.3 is 0 Å². The molecular formula is C13H16BrNO2. The van der Waals surface area contributed by atoms with E-state index < -0.39 is 0 Å². The molecular weight excluding hydrogens is 282 g/mol. The summed E-state index contributed by atoms with van der Waals surface area (Å²) in [6.07, 6.45) is 3.30. The summed E-state index contributed by atoms with van der Waals surface area (Å²) in [6.45, 7) is 2.41. The molecule has 1 N–H and O–H groups in total. The fraction of sp³-hybridized carbons (Fsp3) is 0.308. The number of ether oxygens (including phenoxy) is 1. The van der Waals surface area contributed by atoms with Crippen LogP contribution in [0.1, 0.15) is 12.5 Å². The van der Waals surface area contributed by atoms with E-state index in [1.165, 1.54) is 6.08 Å². The number of hydrogen-bond donors (Lipinski definition) is 1. The molecule has 4 heteroatoms. The van der Waals surface area contributed by atoms with Crippen LogP contribution in [0.5, 0.6) is 0 Å². The van der Waals surface area contributed by atoms with Crippen LogP contribution in [-0.2, 0) is 9.53 Å². The van der Waals surface area contributed by atoms with Gasteiger partial charge in [-0.2, -0.15) is 0 Å². The molecule has 0 bridgehead atoms. The topological polar surface area (TPSA) is 38.3 Å². The first kappa shape index (κ1) is 13.9. The second kappa shape index (κ2) is 7.25. The molecule has 0 radical (unpaired) electrons. The van der Waals surface area contributed by atoms with E-state index in [0.717, 1.165) is 10.0 Å². The Morgan fingerprint density at radius 2 is 2.12 bits per heavy atom. The summed E-state index contributed by atoms with van der Waals surface area (Å²) in [5.41, 5.74) is 0.989. The van der Waals surface area contributed by atoms with E-state index in [-0.39, 0.29) is 11.9 Å². The van der Waals surface area contributed by atoms with E-state index in [1.807, 2.05) is 31.2 Å². The molecule has 1 amide bonds. The van der Waals surface area contributed by atoms with Crippen molar-refractivity contribution in [2.24, 2.45) is 0 Å². The molecule has 0 saturated carbocycles. The normalized spacial score (nSPS) is 12.6. The minimum absolute atomic E-state index is 0.0158. The zero-order chi connectivity index (χ0) is 12.7. The fourth-order valence-electron chi connectivity index (χ4n) is 1.33. The van der Waals surface area contributed by atoms with Crippen LogP contribution in [0, 0.1) is 0 Å². The molecule has 0 aliphatic carbocycles. The Balaban J connectivity index is 2.47. The number of methoxy groups -OCH3 is 1. The van der Waals surface area contributed by atoms with Gasteiger partial charge in [-0.25, -0.2) is 0 Å². The van der Waals surface area contributed by atoms with Crippen molar-refractivity contribution in [3.05, 3.63) is 40.4 Å². The predicted octanol–water partition coefficient (Wildman–Crippen LogP) is 2.61. The molecule has 1 aromatic carbocycles. The predicted molar refractivity (Wildman–Crippen MR) is 72.7 cm³/mol. The third-order valence-electron chi connectivity index (χ3n) is 2.10. The maximum atomic E-state index is 11.5. The lowest BCUT2D eigenvalue weighted by Gasteiger charge is -2.10. The van der Waals surface area contributed by atoms with Crippen molar-refractivity contribution in [1.29, 1.82) is 0 Å². The summed E-state index contributed by atoms with van der Waals surface area (Å²) in [4.78, 5) is 11.5. The number of hydrogen-bond acceptors (Lipinski definition) is 2. The van der Waals surface area contributed by atoms with Crippen molar-refractivity contribution in [1.82, 2.24) is 5.32 Å². The lowest BCUT2D eigenvalue weighted by atomic mass is 10.2. The minimum Gasteiger partial charge on any atom is -0.383 e. The van der Waals surface area contributed by atoms with E-state index >= 15 is 0 Å². The van der Waals surface area contributed by atoms with Gasteiger partial charge in [-0.05, 0) is 30.7 Å². The average Bonchev–Trinajstić information content (AvgIpc) is 2.28. The monoisotopic (exact) mass is 297 g/mol. The van der Waals surface area contributed by atoms with Crippen molar-refractivity contribution < 1.29 is 9.53 Å². The molecule has 1 atom stereocenters. The fourth-order valence-corrected chi connectivity index (χ4v) is 1.59. The van der Waals surface area contributed by atoms with Gasteiger partial charge in [-0.15, -0.1) is 0 Å². The summed E-state index contributed by atoms with van der Waals surface area (Å²) in [5, 5.41) is 2.80. The van der Waals surface area contributed by atoms with Gasteiger partial charge in [0, 0.05) is 23.7 Å². The van der Waals surface area contributed by atoms with Crippen LogP contribution in [0.4, 0.5) is 0 Å². The molecule has 0 aliphatic rings. The van der Waals surface area contributed by atoms with Crippen LogP contribution in [0.2, 0.25) is 0 Å². The van der Waals surface area contributed by atoms with Crippen molar-refractivity contribution in [2.75, 3.05) is 13.7 Å². The number of carbonyl (C=O) groups is 1. The van der Waals surface area contributed by atoms with Gasteiger partial charge in [0.05, 0.1) is 6.61 Å². The molecule has 1 unspecified atom stereocenters. The van der Waals surface area contributed by atoms with Crippen molar-refractivity contribution >= 4 is 27.9 Å². The number of halogens is 1. The number of nitrogens with one attached hydrogen (secondary N) is 1. The first-order chi connectivity index (χ1) is 8.11. The van der Waals surface area contributed by atoms with Crippen LogP contribution in [-0.4, -0.2) is 25.7 Å². The lowest BCUT2D eigenvalue weighted by Crippen LogP contribution is -2.34. The molecule has 0 heterocycles. The van der Waals surface area contributed by atoms with E-state index in [4.69, 9.17) is 4.74 Å². The molecule has 0 spiro atoms.